The molecule has 0 saturated carbocycles. The number of pyridine rings is 1. The average Bonchev–Trinajstić information content (AvgIpc) is 2.89. The van der Waals surface area contributed by atoms with Crippen LogP contribution in [0.25, 0.3) is 0 Å². The van der Waals surface area contributed by atoms with E-state index in [0.29, 0.717) is 12.4 Å². The van der Waals surface area contributed by atoms with Crippen LogP contribution < -0.4 is 10.6 Å². The molecule has 1 amide bonds. The van der Waals surface area contributed by atoms with Crippen LogP contribution in [0.2, 0.25) is 0 Å². The van der Waals surface area contributed by atoms with Crippen LogP contribution in [0.1, 0.15) is 13.8 Å². The van der Waals surface area contributed by atoms with Gasteiger partial charge in [0.25, 0.3) is 0 Å². The van der Waals surface area contributed by atoms with Gasteiger partial charge in [-0.1, -0.05) is 6.07 Å². The molecule has 0 unspecified atom stereocenters. The molecule has 1 aromatic heterocycles. The van der Waals surface area contributed by atoms with Gasteiger partial charge in [0, 0.05) is 26.6 Å². The van der Waals surface area contributed by atoms with E-state index in [1.54, 1.807) is 24.4 Å². The van der Waals surface area contributed by atoms with Crippen molar-refractivity contribution in [1.29, 1.82) is 0 Å². The first-order valence-electron chi connectivity index (χ1n) is 12.1. The Kier molecular flexibility index (Phi) is 11.1. The minimum Gasteiger partial charge on any atom is -0.457 e. The lowest BCUT2D eigenvalue weighted by Gasteiger charge is -2.48. The van der Waals surface area contributed by atoms with E-state index in [1.807, 2.05) is 0 Å². The van der Waals surface area contributed by atoms with Gasteiger partial charge in [-0.05, 0) is 12.1 Å². The first-order valence-corrected chi connectivity index (χ1v) is 12.1. The Morgan fingerprint density at radius 3 is 2.29 bits per heavy atom. The lowest BCUT2D eigenvalue weighted by Crippen LogP contribution is -2.68. The number of aliphatic hydroxyl groups excluding tert-OH is 5. The van der Waals surface area contributed by atoms with Crippen molar-refractivity contribution in [3.63, 3.8) is 0 Å². The van der Waals surface area contributed by atoms with Gasteiger partial charge < -0.3 is 59.9 Å². The fraction of sp³-hybridized carbons (Fsp3) is 0.696. The minimum atomic E-state index is -1.77. The SMILES string of the molecule is CC(=O)N[C@H]1[C@H](OCCNc2ccccn2)O[C@H](CO)[C@@H](O[C@@H]2O[C@H](CO)[C@H](O)[C@H](O)[C@H]2O)[C@@H]1OC(C)=O. The molecule has 2 saturated heterocycles. The highest BCUT2D eigenvalue weighted by molar-refractivity contribution is 5.73. The zero-order valence-electron chi connectivity index (χ0n) is 21.0. The number of nitrogens with one attached hydrogen (secondary N) is 2. The number of carbonyl (C=O) groups excluding carboxylic acids is 2. The molecule has 7 N–H and O–H groups in total. The molecule has 15 nitrogen and oxygen atoms in total. The van der Waals surface area contributed by atoms with Gasteiger partial charge in [-0.15, -0.1) is 0 Å². The Labute approximate surface area is 218 Å². The van der Waals surface area contributed by atoms with Crippen molar-refractivity contribution in [1.82, 2.24) is 10.3 Å². The normalized spacial score (nSPS) is 35.3. The molecule has 214 valence electrons. The maximum absolute atomic E-state index is 12.0. The number of aromatic nitrogens is 1. The third kappa shape index (κ3) is 7.56. The van der Waals surface area contributed by atoms with Crippen molar-refractivity contribution in [2.45, 2.75) is 75.2 Å². The Bertz CT molecular complexity index is 894. The predicted octanol–water partition coefficient (Wildman–Crippen LogP) is -3.15. The van der Waals surface area contributed by atoms with Crippen LogP contribution in [0.3, 0.4) is 0 Å². The van der Waals surface area contributed by atoms with Crippen molar-refractivity contribution in [3.8, 4) is 0 Å². The van der Waals surface area contributed by atoms with Crippen LogP contribution in [-0.4, -0.2) is 130 Å². The van der Waals surface area contributed by atoms with Crippen LogP contribution in [0.15, 0.2) is 24.4 Å². The number of rotatable bonds is 11. The Hall–Kier alpha value is -2.47. The first-order chi connectivity index (χ1) is 18.2. The Balaban J connectivity index is 1.79. The summed E-state index contributed by atoms with van der Waals surface area (Å²) in [6.45, 7) is 1.39. The van der Waals surface area contributed by atoms with Gasteiger partial charge in [0.05, 0.1) is 19.8 Å². The van der Waals surface area contributed by atoms with Crippen LogP contribution in [0.5, 0.6) is 0 Å². The molecule has 2 aliphatic heterocycles. The summed E-state index contributed by atoms with van der Waals surface area (Å²) in [6.07, 6.45) is -11.4. The second kappa shape index (κ2) is 14.1. The molecule has 0 spiro atoms. The largest absolute Gasteiger partial charge is 0.457 e. The van der Waals surface area contributed by atoms with Crippen molar-refractivity contribution in [2.75, 3.05) is 31.7 Å². The smallest absolute Gasteiger partial charge is 0.303 e. The van der Waals surface area contributed by atoms with Gasteiger partial charge in [0.2, 0.25) is 5.91 Å². The molecule has 2 aliphatic rings. The summed E-state index contributed by atoms with van der Waals surface area (Å²) in [5.74, 6) is -0.648. The highest BCUT2D eigenvalue weighted by Crippen LogP contribution is 2.31. The standard InChI is InChI=1S/C23H35N3O12/c1-11(29)26-16-21(35-12(2)30)20(38-23-19(33)18(32)17(31)13(9-27)36-23)14(10-28)37-22(16)34-8-7-25-15-5-3-4-6-24-15/h3-6,13-14,16-23,27-28,31-33H,7-10H2,1-2H3,(H,24,25)(H,26,29)/t13-,14-,16-,17+,18+,19-,20-,21-,22-,23+/m1/s1. The van der Waals surface area contributed by atoms with Crippen LogP contribution in [0.4, 0.5) is 5.82 Å². The monoisotopic (exact) mass is 545 g/mol. The molecule has 38 heavy (non-hydrogen) atoms. The summed E-state index contributed by atoms with van der Waals surface area (Å²) in [4.78, 5) is 28.2. The number of hydrogen-bond donors (Lipinski definition) is 7. The van der Waals surface area contributed by atoms with Gasteiger partial charge in [-0.25, -0.2) is 4.98 Å². The quantitative estimate of drug-likeness (QED) is 0.108. The third-order valence-electron chi connectivity index (χ3n) is 5.99. The number of nitrogens with zero attached hydrogens (tertiary/aromatic N) is 1. The Morgan fingerprint density at radius 1 is 0.974 bits per heavy atom. The fourth-order valence-corrected chi connectivity index (χ4v) is 4.23. The van der Waals surface area contributed by atoms with Crippen LogP contribution in [0, 0.1) is 0 Å². The van der Waals surface area contributed by atoms with Crippen molar-refractivity contribution >= 4 is 17.7 Å². The number of aliphatic hydroxyl groups is 5. The molecular weight excluding hydrogens is 510 g/mol. The van der Waals surface area contributed by atoms with E-state index >= 15 is 0 Å². The van der Waals surface area contributed by atoms with Gasteiger partial charge >= 0.3 is 5.97 Å². The summed E-state index contributed by atoms with van der Waals surface area (Å²) < 4.78 is 28.3. The topological polar surface area (TPSA) is 218 Å². The third-order valence-corrected chi connectivity index (χ3v) is 5.99. The molecule has 10 atom stereocenters. The molecule has 0 bridgehead atoms. The number of carbonyl (C=O) groups is 2. The zero-order valence-corrected chi connectivity index (χ0v) is 21.0. The number of hydrogen-bond acceptors (Lipinski definition) is 14. The molecule has 0 aliphatic carbocycles. The number of esters is 1. The van der Waals surface area contributed by atoms with E-state index in [-0.39, 0.29) is 6.61 Å². The summed E-state index contributed by atoms with van der Waals surface area (Å²) in [5, 5.41) is 55.8. The number of anilines is 1. The minimum absolute atomic E-state index is 0.0699. The molecule has 0 aromatic carbocycles. The van der Waals surface area contributed by atoms with Crippen molar-refractivity contribution < 1.29 is 58.8 Å². The van der Waals surface area contributed by atoms with Crippen LogP contribution >= 0.6 is 0 Å². The van der Waals surface area contributed by atoms with Gasteiger partial charge in [0.15, 0.2) is 18.7 Å². The predicted molar refractivity (Wildman–Crippen MR) is 126 cm³/mol. The van der Waals surface area contributed by atoms with Crippen molar-refractivity contribution in [3.05, 3.63) is 24.4 Å². The highest BCUT2D eigenvalue weighted by Gasteiger charge is 2.53. The average molecular weight is 546 g/mol. The molecule has 0 radical (unpaired) electrons. The second-order valence-electron chi connectivity index (χ2n) is 8.84. The lowest BCUT2D eigenvalue weighted by atomic mass is 9.95. The fourth-order valence-electron chi connectivity index (χ4n) is 4.23. The summed E-state index contributed by atoms with van der Waals surface area (Å²) >= 11 is 0. The summed E-state index contributed by atoms with van der Waals surface area (Å²) in [6, 6.07) is 4.21. The van der Waals surface area contributed by atoms with Gasteiger partial charge in [-0.3, -0.25) is 9.59 Å². The molecule has 2 fully saturated rings. The highest BCUT2D eigenvalue weighted by atomic mass is 16.7. The molecule has 3 heterocycles. The van der Waals surface area contributed by atoms with E-state index in [9.17, 15) is 35.1 Å². The van der Waals surface area contributed by atoms with Crippen LogP contribution in [-0.2, 0) is 33.3 Å². The van der Waals surface area contributed by atoms with E-state index in [0.717, 1.165) is 6.92 Å². The number of ether oxygens (including phenoxy) is 5. The van der Waals surface area contributed by atoms with Gasteiger partial charge in [-0.2, -0.15) is 0 Å². The molecule has 1 aromatic rings. The van der Waals surface area contributed by atoms with E-state index in [2.05, 4.69) is 15.6 Å². The number of amides is 1. The Morgan fingerprint density at radius 2 is 1.68 bits per heavy atom. The second-order valence-corrected chi connectivity index (χ2v) is 8.84. The summed E-state index contributed by atoms with van der Waals surface area (Å²) in [7, 11) is 0. The first kappa shape index (κ1) is 30.1. The molecular formula is C23H35N3O12. The molecule has 15 heteroatoms. The van der Waals surface area contributed by atoms with E-state index in [1.165, 1.54) is 6.92 Å². The van der Waals surface area contributed by atoms with E-state index < -0.39 is 86.4 Å². The summed E-state index contributed by atoms with van der Waals surface area (Å²) in [5.41, 5.74) is 0. The molecule has 3 rings (SSSR count). The lowest BCUT2D eigenvalue weighted by molar-refractivity contribution is -0.348. The maximum Gasteiger partial charge on any atom is 0.303 e. The zero-order chi connectivity index (χ0) is 27.8. The van der Waals surface area contributed by atoms with E-state index in [4.69, 9.17) is 23.7 Å². The maximum atomic E-state index is 12.0. The van der Waals surface area contributed by atoms with Crippen molar-refractivity contribution in [2.24, 2.45) is 0 Å². The van der Waals surface area contributed by atoms with Gasteiger partial charge in [0.1, 0.15) is 48.5 Å².